The van der Waals surface area contributed by atoms with Gasteiger partial charge in [0.25, 0.3) is 0 Å². The third-order valence-electron chi connectivity index (χ3n) is 5.90. The van der Waals surface area contributed by atoms with E-state index >= 15 is 0 Å². The van der Waals surface area contributed by atoms with Gasteiger partial charge in [0.2, 0.25) is 0 Å². The van der Waals surface area contributed by atoms with Crippen LogP contribution in [0.1, 0.15) is 11.0 Å². The molecule has 0 amide bonds. The van der Waals surface area contributed by atoms with Crippen LogP contribution in [0.4, 0.5) is 4.39 Å². The number of ether oxygens (including phenoxy) is 2. The number of hydrogen-bond donors (Lipinski definition) is 3. The number of alkyl halides is 1. The van der Waals surface area contributed by atoms with Crippen molar-refractivity contribution in [2.45, 2.75) is 15.2 Å². The zero-order valence-corrected chi connectivity index (χ0v) is 18.4. The van der Waals surface area contributed by atoms with Gasteiger partial charge in [-0.3, -0.25) is 9.29 Å². The Kier molecular flexibility index (Phi) is 5.85. The Morgan fingerprint density at radius 3 is 2.41 bits per heavy atom. The lowest BCUT2D eigenvalue weighted by atomic mass is 10.0. The van der Waals surface area contributed by atoms with E-state index < -0.39 is 10.9 Å². The Morgan fingerprint density at radius 1 is 0.969 bits per heavy atom. The molecular formula is C25H26FNO4S. The fraction of sp³-hybridized carbons (Fsp3) is 0.280. The molecule has 7 heteroatoms. The van der Waals surface area contributed by atoms with Crippen LogP contribution in [0.25, 0.3) is 0 Å². The second-order valence-electron chi connectivity index (χ2n) is 8.21. The van der Waals surface area contributed by atoms with E-state index in [-0.39, 0.29) is 29.5 Å². The molecule has 3 aromatic carbocycles. The van der Waals surface area contributed by atoms with Gasteiger partial charge in [-0.1, -0.05) is 12.1 Å². The monoisotopic (exact) mass is 455 g/mol. The highest BCUT2D eigenvalue weighted by Crippen LogP contribution is 2.64. The summed E-state index contributed by atoms with van der Waals surface area (Å²) in [5.41, 5.74) is 0.833. The Labute approximate surface area is 189 Å². The Bertz CT molecular complexity index is 1070. The minimum Gasteiger partial charge on any atom is -0.508 e. The van der Waals surface area contributed by atoms with Crippen molar-refractivity contribution in [1.82, 2.24) is 4.90 Å². The first-order valence-electron chi connectivity index (χ1n) is 10.7. The zero-order valence-electron chi connectivity index (χ0n) is 17.5. The van der Waals surface area contributed by atoms with Gasteiger partial charge in [-0.2, -0.15) is 10.9 Å². The molecule has 2 unspecified atom stereocenters. The fourth-order valence-electron chi connectivity index (χ4n) is 4.18. The van der Waals surface area contributed by atoms with Crippen LogP contribution in [0.3, 0.4) is 0 Å². The van der Waals surface area contributed by atoms with Crippen molar-refractivity contribution in [1.29, 1.82) is 0 Å². The van der Waals surface area contributed by atoms with E-state index in [2.05, 4.69) is 4.90 Å². The summed E-state index contributed by atoms with van der Waals surface area (Å²) in [5, 5.41) is 19.6. The Hall–Kier alpha value is -2.90. The summed E-state index contributed by atoms with van der Waals surface area (Å²) in [4.78, 5) is 4.35. The molecular weight excluding hydrogens is 429 g/mol. The SMILES string of the molecule is Oc1ccc([SH]2c3ccc(O)cc3OC2c2ccc(OCCN3CC(CF)C3)cc2)cc1. The normalized spacial score (nSPS) is 21.5. The van der Waals surface area contributed by atoms with Crippen LogP contribution >= 0.6 is 10.9 Å². The van der Waals surface area contributed by atoms with E-state index in [1.807, 2.05) is 42.5 Å². The van der Waals surface area contributed by atoms with Gasteiger partial charge in [-0.15, -0.1) is 0 Å². The molecule has 2 heterocycles. The average molecular weight is 456 g/mol. The highest BCUT2D eigenvalue weighted by molar-refractivity contribution is 8.17. The Morgan fingerprint density at radius 2 is 1.69 bits per heavy atom. The quantitative estimate of drug-likeness (QED) is 0.443. The number of hydrogen-bond acceptors (Lipinski definition) is 5. The molecule has 1 saturated heterocycles. The van der Waals surface area contributed by atoms with E-state index in [0.717, 1.165) is 40.7 Å². The van der Waals surface area contributed by atoms with Gasteiger partial charge in [0, 0.05) is 42.1 Å². The number of phenols is 2. The molecule has 2 atom stereocenters. The lowest BCUT2D eigenvalue weighted by Crippen LogP contribution is -2.49. The van der Waals surface area contributed by atoms with Crippen molar-refractivity contribution >= 4 is 10.9 Å². The first kappa shape index (κ1) is 21.0. The number of benzene rings is 3. The van der Waals surface area contributed by atoms with Crippen molar-refractivity contribution in [3.05, 3.63) is 72.3 Å². The highest BCUT2D eigenvalue weighted by Gasteiger charge is 2.34. The van der Waals surface area contributed by atoms with Gasteiger partial charge in [0.1, 0.15) is 29.6 Å². The summed E-state index contributed by atoms with van der Waals surface area (Å²) in [6.07, 6.45) is 0. The maximum Gasteiger partial charge on any atom is 0.159 e. The van der Waals surface area contributed by atoms with Crippen molar-refractivity contribution in [2.24, 2.45) is 5.92 Å². The van der Waals surface area contributed by atoms with E-state index in [1.54, 1.807) is 24.3 Å². The van der Waals surface area contributed by atoms with Crippen LogP contribution in [-0.4, -0.2) is 48.0 Å². The molecule has 0 saturated carbocycles. The molecule has 168 valence electrons. The van der Waals surface area contributed by atoms with Gasteiger partial charge in [-0.25, -0.2) is 0 Å². The smallest absolute Gasteiger partial charge is 0.159 e. The summed E-state index contributed by atoms with van der Waals surface area (Å²) in [6, 6.07) is 20.4. The molecule has 32 heavy (non-hydrogen) atoms. The zero-order chi connectivity index (χ0) is 22.1. The van der Waals surface area contributed by atoms with E-state index in [0.29, 0.717) is 12.4 Å². The number of halogens is 1. The molecule has 0 spiro atoms. The van der Waals surface area contributed by atoms with E-state index in [9.17, 15) is 14.6 Å². The largest absolute Gasteiger partial charge is 0.508 e. The first-order chi connectivity index (χ1) is 15.6. The topological polar surface area (TPSA) is 62.2 Å². The fourth-order valence-corrected chi connectivity index (χ4v) is 6.73. The van der Waals surface area contributed by atoms with Gasteiger partial charge < -0.3 is 19.7 Å². The van der Waals surface area contributed by atoms with Crippen LogP contribution in [-0.2, 0) is 0 Å². The van der Waals surface area contributed by atoms with E-state index in [1.165, 1.54) is 0 Å². The summed E-state index contributed by atoms with van der Waals surface area (Å²) >= 11 is 0. The van der Waals surface area contributed by atoms with Crippen LogP contribution in [0, 0.1) is 5.92 Å². The Balaban J connectivity index is 1.31. The van der Waals surface area contributed by atoms with Crippen molar-refractivity contribution in [3.8, 4) is 23.0 Å². The minimum atomic E-state index is -0.873. The van der Waals surface area contributed by atoms with E-state index in [4.69, 9.17) is 9.47 Å². The van der Waals surface area contributed by atoms with Crippen LogP contribution in [0.15, 0.2) is 76.5 Å². The number of rotatable bonds is 7. The molecule has 0 aromatic heterocycles. The molecule has 5 rings (SSSR count). The molecule has 2 N–H and O–H groups in total. The molecule has 2 aliphatic rings. The molecule has 0 aliphatic carbocycles. The van der Waals surface area contributed by atoms with Crippen molar-refractivity contribution < 1.29 is 24.1 Å². The second kappa shape index (κ2) is 8.92. The molecule has 5 nitrogen and oxygen atoms in total. The summed E-state index contributed by atoms with van der Waals surface area (Å²) < 4.78 is 24.7. The summed E-state index contributed by atoms with van der Waals surface area (Å²) in [6.45, 7) is 2.76. The standard InChI is InChI=1S/C25H26FNO4S/c26-14-17-15-27(16-17)11-12-30-21-6-1-18(2-7-21)25-31-23-13-20(29)5-10-24(23)32(25)22-8-3-19(28)4-9-22/h1-10,13,17,25,28-29,32H,11-12,14-16H2. The number of likely N-dealkylation sites (tertiary alicyclic amines) is 1. The van der Waals surface area contributed by atoms with Gasteiger partial charge >= 0.3 is 0 Å². The maximum atomic E-state index is 12.5. The predicted octanol–water partition coefficient (Wildman–Crippen LogP) is 4.89. The number of thiol groups is 1. The lowest BCUT2D eigenvalue weighted by Gasteiger charge is -2.37. The molecule has 3 aromatic rings. The van der Waals surface area contributed by atoms with Crippen LogP contribution in [0.5, 0.6) is 23.0 Å². The third-order valence-corrected chi connectivity index (χ3v) is 8.51. The molecule has 1 fully saturated rings. The number of nitrogens with zero attached hydrogens (tertiary/aromatic N) is 1. The third kappa shape index (κ3) is 4.23. The first-order valence-corrected chi connectivity index (χ1v) is 12.1. The maximum absolute atomic E-state index is 12.5. The van der Waals surface area contributed by atoms with Crippen LogP contribution < -0.4 is 9.47 Å². The number of fused-ring (bicyclic) bond motifs is 1. The lowest BCUT2D eigenvalue weighted by molar-refractivity contribution is 0.0668. The van der Waals surface area contributed by atoms with Crippen LogP contribution in [0.2, 0.25) is 0 Å². The molecule has 0 bridgehead atoms. The summed E-state index contributed by atoms with van der Waals surface area (Å²) in [7, 11) is -0.873. The van der Waals surface area contributed by atoms with Gasteiger partial charge in [0.05, 0.1) is 6.67 Å². The second-order valence-corrected chi connectivity index (χ2v) is 10.4. The highest BCUT2D eigenvalue weighted by atomic mass is 32.2. The van der Waals surface area contributed by atoms with Gasteiger partial charge in [-0.05, 0) is 53.4 Å². The van der Waals surface area contributed by atoms with Crippen molar-refractivity contribution in [3.63, 3.8) is 0 Å². The average Bonchev–Trinajstić information content (AvgIpc) is 3.14. The predicted molar refractivity (Wildman–Crippen MR) is 123 cm³/mol. The van der Waals surface area contributed by atoms with Gasteiger partial charge in [0.15, 0.2) is 5.44 Å². The number of phenolic OH excluding ortho intramolecular Hbond substituents is 2. The summed E-state index contributed by atoms with van der Waals surface area (Å²) in [5.74, 6) is 2.07. The number of aromatic hydroxyl groups is 2. The molecule has 0 radical (unpaired) electrons. The molecule has 2 aliphatic heterocycles. The van der Waals surface area contributed by atoms with Crippen molar-refractivity contribution in [2.75, 3.05) is 32.9 Å². The minimum absolute atomic E-state index is 0.175.